The average molecular weight is 252 g/mol. The van der Waals surface area contributed by atoms with E-state index in [1.807, 2.05) is 37.3 Å². The van der Waals surface area contributed by atoms with Crippen molar-refractivity contribution in [2.24, 2.45) is 0 Å². The minimum Gasteiger partial charge on any atom is -0.508 e. The minimum atomic E-state index is 0.180. The molecular formula is C15H12N2O2. The van der Waals surface area contributed by atoms with Crippen LogP contribution in [0.2, 0.25) is 0 Å². The Labute approximate surface area is 110 Å². The Hall–Kier alpha value is -2.62. The smallest absolute Gasteiger partial charge is 0.258 e. The van der Waals surface area contributed by atoms with Crippen molar-refractivity contribution in [2.75, 3.05) is 0 Å². The number of rotatable bonds is 2. The molecule has 4 nitrogen and oxygen atoms in total. The van der Waals surface area contributed by atoms with Gasteiger partial charge in [-0.25, -0.2) is 0 Å². The second-order valence-electron chi connectivity index (χ2n) is 4.29. The van der Waals surface area contributed by atoms with Gasteiger partial charge in [0, 0.05) is 11.1 Å². The molecule has 1 heterocycles. The summed E-state index contributed by atoms with van der Waals surface area (Å²) in [4.78, 5) is 4.36. The lowest BCUT2D eigenvalue weighted by molar-refractivity contribution is 0.432. The van der Waals surface area contributed by atoms with Crippen LogP contribution in [-0.2, 0) is 0 Å². The number of nitrogens with zero attached hydrogens (tertiary/aromatic N) is 2. The van der Waals surface area contributed by atoms with Crippen LogP contribution in [0.25, 0.3) is 22.8 Å². The van der Waals surface area contributed by atoms with Gasteiger partial charge in [-0.15, -0.1) is 0 Å². The lowest BCUT2D eigenvalue weighted by Gasteiger charge is -1.98. The van der Waals surface area contributed by atoms with E-state index in [-0.39, 0.29) is 5.75 Å². The molecule has 0 amide bonds. The molecule has 0 aliphatic rings. The molecule has 0 radical (unpaired) electrons. The zero-order valence-corrected chi connectivity index (χ0v) is 10.4. The van der Waals surface area contributed by atoms with Crippen LogP contribution in [0.1, 0.15) is 5.56 Å². The van der Waals surface area contributed by atoms with Crippen molar-refractivity contribution in [2.45, 2.75) is 6.92 Å². The second-order valence-corrected chi connectivity index (χ2v) is 4.29. The molecule has 3 aromatic rings. The van der Waals surface area contributed by atoms with Crippen LogP contribution in [0.5, 0.6) is 5.75 Å². The first kappa shape index (κ1) is 11.5. The summed E-state index contributed by atoms with van der Waals surface area (Å²) in [6.45, 7) is 1.99. The molecule has 0 bridgehead atoms. The van der Waals surface area contributed by atoms with Crippen molar-refractivity contribution >= 4 is 0 Å². The van der Waals surface area contributed by atoms with Crippen LogP contribution in [0.4, 0.5) is 0 Å². The van der Waals surface area contributed by atoms with Gasteiger partial charge in [-0.3, -0.25) is 0 Å². The topological polar surface area (TPSA) is 59.2 Å². The van der Waals surface area contributed by atoms with Crippen LogP contribution >= 0.6 is 0 Å². The number of benzene rings is 2. The lowest BCUT2D eigenvalue weighted by atomic mass is 10.1. The molecule has 0 fully saturated rings. The van der Waals surface area contributed by atoms with E-state index in [0.717, 1.165) is 16.7 Å². The predicted octanol–water partition coefficient (Wildman–Crippen LogP) is 3.42. The van der Waals surface area contributed by atoms with E-state index >= 15 is 0 Å². The van der Waals surface area contributed by atoms with Gasteiger partial charge in [-0.1, -0.05) is 35.5 Å². The highest BCUT2D eigenvalue weighted by molar-refractivity contribution is 5.62. The van der Waals surface area contributed by atoms with Gasteiger partial charge in [0.25, 0.3) is 5.89 Å². The van der Waals surface area contributed by atoms with E-state index < -0.39 is 0 Å². The Kier molecular flexibility index (Phi) is 2.76. The fourth-order valence-electron chi connectivity index (χ4n) is 1.91. The fourth-order valence-corrected chi connectivity index (χ4v) is 1.91. The molecule has 0 saturated heterocycles. The van der Waals surface area contributed by atoms with Gasteiger partial charge in [-0.05, 0) is 30.7 Å². The van der Waals surface area contributed by atoms with Crippen LogP contribution < -0.4 is 0 Å². The second kappa shape index (κ2) is 4.57. The maximum Gasteiger partial charge on any atom is 0.258 e. The van der Waals surface area contributed by atoms with Crippen molar-refractivity contribution in [3.63, 3.8) is 0 Å². The van der Waals surface area contributed by atoms with Crippen molar-refractivity contribution in [1.82, 2.24) is 10.1 Å². The van der Waals surface area contributed by atoms with Gasteiger partial charge >= 0.3 is 0 Å². The standard InChI is InChI=1S/C15H12N2O2/c1-10-5-2-3-8-13(10)15-16-14(17-19-15)11-6-4-7-12(18)9-11/h2-9,18H,1H3. The van der Waals surface area contributed by atoms with Gasteiger partial charge in [0.1, 0.15) is 5.75 Å². The third-order valence-electron chi connectivity index (χ3n) is 2.91. The van der Waals surface area contributed by atoms with E-state index in [1.54, 1.807) is 18.2 Å². The molecule has 0 saturated carbocycles. The zero-order valence-electron chi connectivity index (χ0n) is 10.4. The van der Waals surface area contributed by atoms with E-state index in [1.165, 1.54) is 0 Å². The highest BCUT2D eigenvalue weighted by Gasteiger charge is 2.12. The van der Waals surface area contributed by atoms with Crippen LogP contribution in [-0.4, -0.2) is 15.2 Å². The first-order valence-electron chi connectivity index (χ1n) is 5.93. The number of aromatic nitrogens is 2. The van der Waals surface area contributed by atoms with Gasteiger partial charge in [-0.2, -0.15) is 4.98 Å². The largest absolute Gasteiger partial charge is 0.508 e. The average Bonchev–Trinajstić information content (AvgIpc) is 2.89. The zero-order chi connectivity index (χ0) is 13.2. The van der Waals surface area contributed by atoms with E-state index in [9.17, 15) is 5.11 Å². The number of hydrogen-bond acceptors (Lipinski definition) is 4. The monoisotopic (exact) mass is 252 g/mol. The summed E-state index contributed by atoms with van der Waals surface area (Å²) < 4.78 is 5.28. The summed E-state index contributed by atoms with van der Waals surface area (Å²) in [5.74, 6) is 1.13. The number of phenols is 1. The summed E-state index contributed by atoms with van der Waals surface area (Å²) >= 11 is 0. The highest BCUT2D eigenvalue weighted by Crippen LogP contribution is 2.25. The number of phenolic OH excluding ortho intramolecular Hbond substituents is 1. The number of aryl methyl sites for hydroxylation is 1. The molecule has 3 rings (SSSR count). The number of hydrogen-bond donors (Lipinski definition) is 1. The Morgan fingerprint density at radius 2 is 1.89 bits per heavy atom. The Morgan fingerprint density at radius 3 is 2.68 bits per heavy atom. The molecule has 0 aliphatic carbocycles. The molecule has 0 aliphatic heterocycles. The lowest BCUT2D eigenvalue weighted by Crippen LogP contribution is -1.83. The first-order chi connectivity index (χ1) is 9.24. The van der Waals surface area contributed by atoms with Crippen LogP contribution in [0.3, 0.4) is 0 Å². The first-order valence-corrected chi connectivity index (χ1v) is 5.93. The quantitative estimate of drug-likeness (QED) is 0.759. The highest BCUT2D eigenvalue weighted by atomic mass is 16.5. The SMILES string of the molecule is Cc1ccccc1-c1nc(-c2cccc(O)c2)no1. The molecular weight excluding hydrogens is 240 g/mol. The molecule has 2 aromatic carbocycles. The van der Waals surface area contributed by atoms with Gasteiger partial charge in [0.05, 0.1) is 0 Å². The normalized spacial score (nSPS) is 10.6. The Balaban J connectivity index is 2.03. The summed E-state index contributed by atoms with van der Waals surface area (Å²) in [5, 5.41) is 13.4. The summed E-state index contributed by atoms with van der Waals surface area (Å²) in [7, 11) is 0. The summed E-state index contributed by atoms with van der Waals surface area (Å²) in [5.41, 5.74) is 2.72. The van der Waals surface area contributed by atoms with Crippen molar-refractivity contribution in [3.8, 4) is 28.6 Å². The van der Waals surface area contributed by atoms with Crippen LogP contribution in [0.15, 0.2) is 53.1 Å². The number of aromatic hydroxyl groups is 1. The molecule has 0 atom stereocenters. The Morgan fingerprint density at radius 1 is 1.05 bits per heavy atom. The van der Waals surface area contributed by atoms with Crippen molar-refractivity contribution < 1.29 is 9.63 Å². The molecule has 1 N–H and O–H groups in total. The summed E-state index contributed by atoms with van der Waals surface area (Å²) in [6, 6.07) is 14.6. The molecule has 0 spiro atoms. The van der Waals surface area contributed by atoms with Gasteiger partial charge in [0.2, 0.25) is 5.82 Å². The molecule has 1 aromatic heterocycles. The van der Waals surface area contributed by atoms with Gasteiger partial charge < -0.3 is 9.63 Å². The Bertz CT molecular complexity index is 719. The molecule has 19 heavy (non-hydrogen) atoms. The van der Waals surface area contributed by atoms with Crippen LogP contribution in [0, 0.1) is 6.92 Å². The molecule has 0 unspecified atom stereocenters. The predicted molar refractivity (Wildman–Crippen MR) is 71.6 cm³/mol. The maximum absolute atomic E-state index is 9.46. The third-order valence-corrected chi connectivity index (χ3v) is 2.91. The van der Waals surface area contributed by atoms with E-state index in [4.69, 9.17) is 4.52 Å². The van der Waals surface area contributed by atoms with Gasteiger partial charge in [0.15, 0.2) is 0 Å². The van der Waals surface area contributed by atoms with Crippen molar-refractivity contribution in [3.05, 3.63) is 54.1 Å². The maximum atomic E-state index is 9.46. The molecule has 4 heteroatoms. The van der Waals surface area contributed by atoms with Crippen molar-refractivity contribution in [1.29, 1.82) is 0 Å². The van der Waals surface area contributed by atoms with E-state index in [2.05, 4.69) is 10.1 Å². The third kappa shape index (κ3) is 2.20. The van der Waals surface area contributed by atoms with E-state index in [0.29, 0.717) is 11.7 Å². The summed E-state index contributed by atoms with van der Waals surface area (Å²) in [6.07, 6.45) is 0. The molecule has 94 valence electrons. The minimum absolute atomic E-state index is 0.180. The fraction of sp³-hybridized carbons (Fsp3) is 0.0667.